The average molecular weight is 388 g/mol. The molecule has 4 nitrogen and oxygen atoms in total. The van der Waals surface area contributed by atoms with Crippen LogP contribution in [0.3, 0.4) is 0 Å². The van der Waals surface area contributed by atoms with E-state index in [-0.39, 0.29) is 11.5 Å². The molecule has 25 heavy (non-hydrogen) atoms. The normalized spacial score (nSPS) is 15.9. The summed E-state index contributed by atoms with van der Waals surface area (Å²) < 4.78 is 0.388. The number of nitrogens with zero attached hydrogens (tertiary/aromatic N) is 1. The van der Waals surface area contributed by atoms with E-state index in [0.717, 1.165) is 10.5 Å². The lowest BCUT2D eigenvalue weighted by Crippen LogP contribution is -2.27. The Balaban J connectivity index is 1.90. The highest BCUT2D eigenvalue weighted by Crippen LogP contribution is 2.36. The van der Waals surface area contributed by atoms with Gasteiger partial charge in [0.15, 0.2) is 4.32 Å². The predicted molar refractivity (Wildman–Crippen MR) is 107 cm³/mol. The molecule has 0 saturated carbocycles. The van der Waals surface area contributed by atoms with Gasteiger partial charge in [-0.2, -0.15) is 0 Å². The van der Waals surface area contributed by atoms with Gasteiger partial charge < -0.3 is 5.11 Å². The molecule has 2 aromatic carbocycles. The molecule has 1 saturated heterocycles. The predicted octanol–water partition coefficient (Wildman–Crippen LogP) is 4.51. The van der Waals surface area contributed by atoms with Crippen LogP contribution in [0.2, 0.25) is 0 Å². The van der Waals surface area contributed by atoms with Crippen LogP contribution in [0.4, 0.5) is 5.69 Å². The van der Waals surface area contributed by atoms with E-state index < -0.39 is 5.97 Å². The first-order valence-electron chi connectivity index (χ1n) is 7.25. The molecule has 1 amide bonds. The van der Waals surface area contributed by atoms with E-state index in [1.54, 1.807) is 30.0 Å². The molecule has 0 aromatic heterocycles. The van der Waals surface area contributed by atoms with Crippen molar-refractivity contribution >= 4 is 63.7 Å². The monoisotopic (exact) mass is 387 g/mol. The largest absolute Gasteiger partial charge is 0.478 e. The van der Waals surface area contributed by atoms with Crippen molar-refractivity contribution in [3.63, 3.8) is 0 Å². The van der Waals surface area contributed by atoms with Gasteiger partial charge in [0, 0.05) is 4.90 Å². The number of anilines is 1. The minimum absolute atomic E-state index is 0.114. The second-order valence-electron chi connectivity index (χ2n) is 5.15. The molecule has 1 aliphatic rings. The molecule has 0 unspecified atom stereocenters. The van der Waals surface area contributed by atoms with Crippen molar-refractivity contribution in [3.05, 3.63) is 64.6 Å². The van der Waals surface area contributed by atoms with Gasteiger partial charge >= 0.3 is 5.97 Å². The maximum atomic E-state index is 12.7. The Morgan fingerprint density at radius 1 is 1.24 bits per heavy atom. The zero-order valence-corrected chi connectivity index (χ0v) is 15.6. The number of thioether (sulfide) groups is 2. The molecule has 1 N–H and O–H groups in total. The van der Waals surface area contributed by atoms with E-state index in [9.17, 15) is 9.59 Å². The summed E-state index contributed by atoms with van der Waals surface area (Å²) in [5.41, 5.74) is 1.49. The lowest BCUT2D eigenvalue weighted by molar-refractivity contribution is -0.113. The molecule has 1 heterocycles. The number of hydrogen-bond acceptors (Lipinski definition) is 5. The highest BCUT2D eigenvalue weighted by molar-refractivity contribution is 8.27. The van der Waals surface area contributed by atoms with Gasteiger partial charge in [-0.25, -0.2) is 4.79 Å². The van der Waals surface area contributed by atoms with Crippen molar-refractivity contribution in [2.75, 3.05) is 11.2 Å². The number of thiocarbonyl (C=S) groups is 1. The Bertz CT molecular complexity index is 891. The summed E-state index contributed by atoms with van der Waals surface area (Å²) in [6, 6.07) is 14.1. The molecule has 0 bridgehead atoms. The Morgan fingerprint density at radius 2 is 1.96 bits per heavy atom. The smallest absolute Gasteiger partial charge is 0.335 e. The molecule has 0 spiro atoms. The number of carboxylic acids is 1. The van der Waals surface area contributed by atoms with E-state index in [0.29, 0.717) is 14.9 Å². The summed E-state index contributed by atoms with van der Waals surface area (Å²) in [6.07, 6.45) is 3.80. The topological polar surface area (TPSA) is 57.6 Å². The van der Waals surface area contributed by atoms with Gasteiger partial charge in [0.2, 0.25) is 0 Å². The van der Waals surface area contributed by atoms with Crippen LogP contribution in [0.5, 0.6) is 0 Å². The summed E-state index contributed by atoms with van der Waals surface area (Å²) in [5.74, 6) is -1.29. The van der Waals surface area contributed by atoms with Crippen molar-refractivity contribution in [3.8, 4) is 0 Å². The van der Waals surface area contributed by atoms with Crippen LogP contribution in [0.15, 0.2) is 58.3 Å². The minimum Gasteiger partial charge on any atom is -0.478 e. The Hall–Kier alpha value is -2.09. The van der Waals surface area contributed by atoms with E-state index in [1.807, 2.05) is 30.5 Å². The maximum absolute atomic E-state index is 12.7. The first kappa shape index (κ1) is 17.7. The zero-order valence-electron chi connectivity index (χ0n) is 13.1. The van der Waals surface area contributed by atoms with Crippen LogP contribution in [-0.4, -0.2) is 27.6 Å². The molecule has 7 heteroatoms. The first-order chi connectivity index (χ1) is 12.0. The van der Waals surface area contributed by atoms with Gasteiger partial charge in [0.25, 0.3) is 5.91 Å². The average Bonchev–Trinajstić information content (AvgIpc) is 2.89. The van der Waals surface area contributed by atoms with Gasteiger partial charge in [0.05, 0.1) is 16.2 Å². The number of carbonyl (C=O) groups is 2. The Labute approximate surface area is 158 Å². The third-order valence-corrected chi connectivity index (χ3v) is 5.60. The van der Waals surface area contributed by atoms with Crippen LogP contribution in [0.25, 0.3) is 6.08 Å². The van der Waals surface area contributed by atoms with E-state index in [4.69, 9.17) is 17.3 Å². The molecule has 1 fully saturated rings. The fraction of sp³-hybridized carbons (Fsp3) is 0.0556. The number of carboxylic acid groups (broad SMARTS) is 1. The SMILES string of the molecule is CSc1ccc(C=C2SC(=S)N(c3cccc(C(=O)O)c3)C2=O)cc1. The molecule has 0 aliphatic carbocycles. The number of hydrogen-bond donors (Lipinski definition) is 1. The fourth-order valence-corrected chi connectivity index (χ4v) is 4.03. The van der Waals surface area contributed by atoms with Gasteiger partial charge in [0.1, 0.15) is 0 Å². The highest BCUT2D eigenvalue weighted by atomic mass is 32.2. The molecule has 2 aromatic rings. The number of aromatic carboxylic acids is 1. The molecule has 3 rings (SSSR count). The van der Waals surface area contributed by atoms with Crippen LogP contribution in [0.1, 0.15) is 15.9 Å². The van der Waals surface area contributed by atoms with Crippen LogP contribution >= 0.6 is 35.7 Å². The van der Waals surface area contributed by atoms with Crippen molar-refractivity contribution in [2.45, 2.75) is 4.90 Å². The van der Waals surface area contributed by atoms with Crippen LogP contribution in [0, 0.1) is 0 Å². The molecular formula is C18H13NO3S3. The van der Waals surface area contributed by atoms with E-state index >= 15 is 0 Å². The summed E-state index contributed by atoms with van der Waals surface area (Å²) >= 11 is 8.18. The highest BCUT2D eigenvalue weighted by Gasteiger charge is 2.33. The third kappa shape index (κ3) is 3.78. The lowest BCUT2D eigenvalue weighted by Gasteiger charge is -2.14. The van der Waals surface area contributed by atoms with Gasteiger partial charge in [-0.3, -0.25) is 9.69 Å². The van der Waals surface area contributed by atoms with Crippen molar-refractivity contribution < 1.29 is 14.7 Å². The number of amides is 1. The number of rotatable bonds is 4. The van der Waals surface area contributed by atoms with Gasteiger partial charge in [-0.15, -0.1) is 11.8 Å². The molecular weight excluding hydrogens is 374 g/mol. The fourth-order valence-electron chi connectivity index (χ4n) is 2.32. The lowest BCUT2D eigenvalue weighted by atomic mass is 10.2. The van der Waals surface area contributed by atoms with Crippen molar-refractivity contribution in [1.82, 2.24) is 0 Å². The second kappa shape index (κ2) is 7.43. The summed E-state index contributed by atoms with van der Waals surface area (Å²) in [5, 5.41) is 9.12. The third-order valence-electron chi connectivity index (χ3n) is 3.56. The Kier molecular flexibility index (Phi) is 5.27. The number of benzene rings is 2. The summed E-state index contributed by atoms with van der Waals surface area (Å²) in [7, 11) is 0. The van der Waals surface area contributed by atoms with Crippen LogP contribution < -0.4 is 4.90 Å². The molecule has 1 aliphatic heterocycles. The summed E-state index contributed by atoms with van der Waals surface area (Å²) in [6.45, 7) is 0. The minimum atomic E-state index is -1.04. The van der Waals surface area contributed by atoms with E-state index in [1.165, 1.54) is 28.8 Å². The van der Waals surface area contributed by atoms with Crippen molar-refractivity contribution in [2.24, 2.45) is 0 Å². The molecule has 0 radical (unpaired) electrons. The van der Waals surface area contributed by atoms with Crippen LogP contribution in [-0.2, 0) is 4.79 Å². The quantitative estimate of drug-likeness (QED) is 0.473. The Morgan fingerprint density at radius 3 is 2.60 bits per heavy atom. The zero-order chi connectivity index (χ0) is 18.0. The van der Waals surface area contributed by atoms with E-state index in [2.05, 4.69) is 0 Å². The van der Waals surface area contributed by atoms with Gasteiger partial charge in [-0.1, -0.05) is 42.2 Å². The molecule has 0 atom stereocenters. The number of carbonyl (C=O) groups excluding carboxylic acids is 1. The van der Waals surface area contributed by atoms with Crippen molar-refractivity contribution in [1.29, 1.82) is 0 Å². The summed E-state index contributed by atoms with van der Waals surface area (Å²) in [4.78, 5) is 26.9. The maximum Gasteiger partial charge on any atom is 0.335 e. The van der Waals surface area contributed by atoms with Gasteiger partial charge in [-0.05, 0) is 48.2 Å². The standard InChI is InChI=1S/C18H13NO3S3/c1-24-14-7-5-11(6-8-14)9-15-16(20)19(18(23)25-15)13-4-2-3-12(10-13)17(21)22/h2-10H,1H3,(H,21,22). The first-order valence-corrected chi connectivity index (χ1v) is 9.70. The second-order valence-corrected chi connectivity index (χ2v) is 7.70. The molecule has 126 valence electrons.